The third-order valence-corrected chi connectivity index (χ3v) is 2.74. The number of nitrogen functional groups attached to an aromatic ring is 3. The van der Waals surface area contributed by atoms with E-state index in [4.69, 9.17) is 22.9 Å². The molecule has 0 radical (unpaired) electrons. The minimum atomic E-state index is -0.293. The summed E-state index contributed by atoms with van der Waals surface area (Å²) >= 11 is 0. The second kappa shape index (κ2) is 4.35. The van der Waals surface area contributed by atoms with Crippen molar-refractivity contribution < 1.29 is 0 Å². The standard InChI is InChI=1S/C13H16N4/c14-9-3-1-8(2-4-9)13(17)11-7-10(15)5-6-12(11)16/h1-7,13H,14-17H2. The highest BCUT2D eigenvalue weighted by Crippen LogP contribution is 2.26. The van der Waals surface area contributed by atoms with Crippen molar-refractivity contribution in [3.63, 3.8) is 0 Å². The van der Waals surface area contributed by atoms with Crippen molar-refractivity contribution in [3.8, 4) is 0 Å². The zero-order valence-electron chi connectivity index (χ0n) is 9.43. The lowest BCUT2D eigenvalue weighted by Gasteiger charge is -2.15. The van der Waals surface area contributed by atoms with E-state index in [0.29, 0.717) is 17.1 Å². The number of nitrogens with two attached hydrogens (primary N) is 4. The molecule has 8 N–H and O–H groups in total. The van der Waals surface area contributed by atoms with Gasteiger partial charge in [0.15, 0.2) is 0 Å². The maximum Gasteiger partial charge on any atom is 0.0572 e. The highest BCUT2D eigenvalue weighted by Gasteiger charge is 2.12. The van der Waals surface area contributed by atoms with Gasteiger partial charge in [0.2, 0.25) is 0 Å². The van der Waals surface area contributed by atoms with Gasteiger partial charge in [-0.1, -0.05) is 12.1 Å². The fraction of sp³-hybridized carbons (Fsp3) is 0.0769. The Balaban J connectivity index is 2.39. The zero-order valence-corrected chi connectivity index (χ0v) is 9.43. The van der Waals surface area contributed by atoms with E-state index < -0.39 is 0 Å². The molecular formula is C13H16N4. The summed E-state index contributed by atoms with van der Waals surface area (Å²) in [6, 6.07) is 12.5. The molecule has 2 aromatic carbocycles. The van der Waals surface area contributed by atoms with Crippen LogP contribution in [0.3, 0.4) is 0 Å². The van der Waals surface area contributed by atoms with E-state index in [2.05, 4.69) is 0 Å². The molecule has 0 aromatic heterocycles. The molecule has 2 rings (SSSR count). The van der Waals surface area contributed by atoms with E-state index in [1.165, 1.54) is 0 Å². The third-order valence-electron chi connectivity index (χ3n) is 2.74. The molecule has 88 valence electrons. The van der Waals surface area contributed by atoms with Crippen LogP contribution in [-0.4, -0.2) is 0 Å². The van der Waals surface area contributed by atoms with E-state index in [9.17, 15) is 0 Å². The van der Waals surface area contributed by atoms with E-state index in [1.54, 1.807) is 18.2 Å². The van der Waals surface area contributed by atoms with Gasteiger partial charge in [0.1, 0.15) is 0 Å². The largest absolute Gasteiger partial charge is 0.399 e. The molecule has 4 heteroatoms. The van der Waals surface area contributed by atoms with Gasteiger partial charge in [-0.3, -0.25) is 0 Å². The second-order valence-corrected chi connectivity index (χ2v) is 4.03. The van der Waals surface area contributed by atoms with Crippen molar-refractivity contribution in [3.05, 3.63) is 53.6 Å². The fourth-order valence-corrected chi connectivity index (χ4v) is 1.75. The SMILES string of the molecule is Nc1ccc(C(N)c2cc(N)ccc2N)cc1. The summed E-state index contributed by atoms with van der Waals surface area (Å²) in [6.45, 7) is 0. The first-order valence-corrected chi connectivity index (χ1v) is 5.34. The van der Waals surface area contributed by atoms with E-state index >= 15 is 0 Å². The number of hydrogen-bond acceptors (Lipinski definition) is 4. The van der Waals surface area contributed by atoms with Gasteiger partial charge < -0.3 is 22.9 Å². The molecule has 17 heavy (non-hydrogen) atoms. The normalized spacial score (nSPS) is 12.3. The van der Waals surface area contributed by atoms with Crippen molar-refractivity contribution in [2.45, 2.75) is 6.04 Å². The molecule has 0 aliphatic rings. The molecule has 0 amide bonds. The van der Waals surface area contributed by atoms with Crippen LogP contribution in [0.25, 0.3) is 0 Å². The summed E-state index contributed by atoms with van der Waals surface area (Å²) in [7, 11) is 0. The Kier molecular flexibility index (Phi) is 2.89. The van der Waals surface area contributed by atoms with Gasteiger partial charge in [-0.15, -0.1) is 0 Å². The molecule has 0 heterocycles. The number of benzene rings is 2. The topological polar surface area (TPSA) is 104 Å². The molecule has 1 atom stereocenters. The summed E-state index contributed by atoms with van der Waals surface area (Å²) in [5.41, 5.74) is 27.2. The predicted molar refractivity (Wildman–Crippen MR) is 72.2 cm³/mol. The van der Waals surface area contributed by atoms with Crippen LogP contribution in [0, 0.1) is 0 Å². The highest BCUT2D eigenvalue weighted by molar-refractivity contribution is 5.58. The molecule has 0 aliphatic carbocycles. The summed E-state index contributed by atoms with van der Waals surface area (Å²) < 4.78 is 0. The van der Waals surface area contributed by atoms with Gasteiger partial charge in [0.25, 0.3) is 0 Å². The lowest BCUT2D eigenvalue weighted by Crippen LogP contribution is -2.14. The first-order chi connectivity index (χ1) is 8.08. The zero-order chi connectivity index (χ0) is 12.4. The molecule has 0 spiro atoms. The molecule has 0 saturated heterocycles. The molecule has 0 bridgehead atoms. The van der Waals surface area contributed by atoms with Gasteiger partial charge in [-0.25, -0.2) is 0 Å². The molecule has 0 saturated carbocycles. The van der Waals surface area contributed by atoms with Crippen LogP contribution < -0.4 is 22.9 Å². The first kappa shape index (κ1) is 11.3. The summed E-state index contributed by atoms with van der Waals surface area (Å²) in [5.74, 6) is 0. The molecule has 0 aliphatic heterocycles. The van der Waals surface area contributed by atoms with Gasteiger partial charge >= 0.3 is 0 Å². The molecule has 2 aromatic rings. The summed E-state index contributed by atoms with van der Waals surface area (Å²) in [5, 5.41) is 0. The summed E-state index contributed by atoms with van der Waals surface area (Å²) in [4.78, 5) is 0. The quantitative estimate of drug-likeness (QED) is 0.584. The number of hydrogen-bond donors (Lipinski definition) is 4. The maximum atomic E-state index is 6.16. The molecule has 0 fully saturated rings. The van der Waals surface area contributed by atoms with Gasteiger partial charge in [0.05, 0.1) is 6.04 Å². The first-order valence-electron chi connectivity index (χ1n) is 5.34. The fourth-order valence-electron chi connectivity index (χ4n) is 1.75. The van der Waals surface area contributed by atoms with Crippen molar-refractivity contribution in [2.24, 2.45) is 5.73 Å². The Morgan fingerprint density at radius 1 is 0.765 bits per heavy atom. The monoisotopic (exact) mass is 228 g/mol. The van der Waals surface area contributed by atoms with Crippen molar-refractivity contribution in [2.75, 3.05) is 17.2 Å². The average molecular weight is 228 g/mol. The van der Waals surface area contributed by atoms with E-state index in [0.717, 1.165) is 11.1 Å². The highest BCUT2D eigenvalue weighted by atomic mass is 14.7. The van der Waals surface area contributed by atoms with Crippen LogP contribution in [0.4, 0.5) is 17.1 Å². The Morgan fingerprint density at radius 3 is 2.00 bits per heavy atom. The number of rotatable bonds is 2. The van der Waals surface area contributed by atoms with Crippen LogP contribution >= 0.6 is 0 Å². The molecule has 1 unspecified atom stereocenters. The van der Waals surface area contributed by atoms with E-state index in [1.807, 2.05) is 24.3 Å². The minimum Gasteiger partial charge on any atom is -0.399 e. The van der Waals surface area contributed by atoms with Gasteiger partial charge in [-0.05, 0) is 41.5 Å². The Labute approximate surface area is 100 Å². The molecular weight excluding hydrogens is 212 g/mol. The third kappa shape index (κ3) is 2.32. The predicted octanol–water partition coefficient (Wildman–Crippen LogP) is 1.48. The van der Waals surface area contributed by atoms with Crippen LogP contribution in [0.5, 0.6) is 0 Å². The average Bonchev–Trinajstić information content (AvgIpc) is 2.32. The van der Waals surface area contributed by atoms with Crippen LogP contribution in [0.1, 0.15) is 17.2 Å². The Morgan fingerprint density at radius 2 is 1.35 bits per heavy atom. The van der Waals surface area contributed by atoms with Crippen LogP contribution in [0.15, 0.2) is 42.5 Å². The molecule has 4 nitrogen and oxygen atoms in total. The van der Waals surface area contributed by atoms with Crippen molar-refractivity contribution >= 4 is 17.1 Å². The maximum absolute atomic E-state index is 6.16. The lowest BCUT2D eigenvalue weighted by molar-refractivity contribution is 0.875. The van der Waals surface area contributed by atoms with E-state index in [-0.39, 0.29) is 6.04 Å². The van der Waals surface area contributed by atoms with Gasteiger partial charge in [-0.2, -0.15) is 0 Å². The Hall–Kier alpha value is -2.20. The smallest absolute Gasteiger partial charge is 0.0572 e. The Bertz CT molecular complexity index is 519. The van der Waals surface area contributed by atoms with Gasteiger partial charge in [0, 0.05) is 17.1 Å². The number of anilines is 3. The van der Waals surface area contributed by atoms with Crippen LogP contribution in [-0.2, 0) is 0 Å². The van der Waals surface area contributed by atoms with Crippen LogP contribution in [0.2, 0.25) is 0 Å². The summed E-state index contributed by atoms with van der Waals surface area (Å²) in [6.07, 6.45) is 0. The second-order valence-electron chi connectivity index (χ2n) is 4.03. The van der Waals surface area contributed by atoms with Crippen molar-refractivity contribution in [1.82, 2.24) is 0 Å². The lowest BCUT2D eigenvalue weighted by atomic mass is 9.97. The minimum absolute atomic E-state index is 0.293. The van der Waals surface area contributed by atoms with Crippen molar-refractivity contribution in [1.29, 1.82) is 0 Å².